The van der Waals surface area contributed by atoms with E-state index in [9.17, 15) is 5.11 Å². The first-order valence-electron chi connectivity index (χ1n) is 6.86. The first kappa shape index (κ1) is 12.6. The van der Waals surface area contributed by atoms with Crippen LogP contribution in [0.1, 0.15) is 51.3 Å². The molecule has 1 heterocycles. The van der Waals surface area contributed by atoms with Gasteiger partial charge in [0.15, 0.2) is 0 Å². The predicted molar refractivity (Wildman–Crippen MR) is 66.6 cm³/mol. The van der Waals surface area contributed by atoms with Gasteiger partial charge in [0.1, 0.15) is 12.2 Å². The van der Waals surface area contributed by atoms with Crippen molar-refractivity contribution in [3.05, 3.63) is 12.2 Å². The predicted octanol–water partition coefficient (Wildman–Crippen LogP) is 2.17. The lowest BCUT2D eigenvalue weighted by Crippen LogP contribution is -2.23. The summed E-state index contributed by atoms with van der Waals surface area (Å²) in [4.78, 5) is 4.33. The van der Waals surface area contributed by atoms with Gasteiger partial charge in [-0.25, -0.2) is 4.98 Å². The molecule has 4 nitrogen and oxygen atoms in total. The summed E-state index contributed by atoms with van der Waals surface area (Å²) >= 11 is 0. The molecule has 1 aromatic rings. The lowest BCUT2D eigenvalue weighted by atomic mass is 9.93. The Bertz CT molecular complexity index is 337. The van der Waals surface area contributed by atoms with Crippen LogP contribution in [-0.4, -0.2) is 26.0 Å². The Morgan fingerprint density at radius 2 is 2.18 bits per heavy atom. The number of hydrogen-bond acceptors (Lipinski definition) is 3. The Morgan fingerprint density at radius 3 is 3.00 bits per heavy atom. The maximum absolute atomic E-state index is 10.1. The van der Waals surface area contributed by atoms with Gasteiger partial charge in [0.25, 0.3) is 0 Å². The van der Waals surface area contributed by atoms with Gasteiger partial charge in [-0.1, -0.05) is 26.2 Å². The number of nitrogens with zero attached hydrogens (tertiary/aromatic N) is 3. The molecule has 1 N–H and O–H groups in total. The zero-order chi connectivity index (χ0) is 12.1. The lowest BCUT2D eigenvalue weighted by molar-refractivity contribution is 0.0988. The molecule has 1 aliphatic carbocycles. The highest BCUT2D eigenvalue weighted by molar-refractivity contribution is 4.90. The summed E-state index contributed by atoms with van der Waals surface area (Å²) in [6, 6.07) is 0. The minimum Gasteiger partial charge on any atom is -0.393 e. The SMILES string of the molecule is CCCn1ncnc1CC1CCCCCC1O. The van der Waals surface area contributed by atoms with Crippen LogP contribution in [0.4, 0.5) is 0 Å². The molecule has 1 saturated carbocycles. The largest absolute Gasteiger partial charge is 0.393 e. The number of aryl methyl sites for hydroxylation is 1. The third-order valence-corrected chi connectivity index (χ3v) is 3.69. The summed E-state index contributed by atoms with van der Waals surface area (Å²) in [6.07, 6.45) is 9.17. The standard InChI is InChI=1S/C13H23N3O/c1-2-8-16-13(14-10-15-16)9-11-6-4-3-5-7-12(11)17/h10-12,17H,2-9H2,1H3. The van der Waals surface area contributed by atoms with Gasteiger partial charge in [0.2, 0.25) is 0 Å². The van der Waals surface area contributed by atoms with E-state index in [4.69, 9.17) is 0 Å². The van der Waals surface area contributed by atoms with Gasteiger partial charge in [-0.3, -0.25) is 4.68 Å². The minimum absolute atomic E-state index is 0.149. The fraction of sp³-hybridized carbons (Fsp3) is 0.846. The topological polar surface area (TPSA) is 50.9 Å². The molecule has 0 radical (unpaired) electrons. The average molecular weight is 237 g/mol. The molecule has 2 rings (SSSR count). The second-order valence-electron chi connectivity index (χ2n) is 5.07. The number of rotatable bonds is 4. The van der Waals surface area contributed by atoms with E-state index >= 15 is 0 Å². The van der Waals surface area contributed by atoms with Crippen molar-refractivity contribution in [3.8, 4) is 0 Å². The summed E-state index contributed by atoms with van der Waals surface area (Å²) in [5, 5.41) is 14.4. The Hall–Kier alpha value is -0.900. The van der Waals surface area contributed by atoms with E-state index in [1.807, 2.05) is 4.68 Å². The third kappa shape index (κ3) is 3.28. The van der Waals surface area contributed by atoms with E-state index in [0.717, 1.165) is 38.1 Å². The summed E-state index contributed by atoms with van der Waals surface area (Å²) in [5.74, 6) is 1.41. The molecule has 0 amide bonds. The van der Waals surface area contributed by atoms with Gasteiger partial charge in [-0.05, 0) is 25.2 Å². The van der Waals surface area contributed by atoms with Crippen molar-refractivity contribution >= 4 is 0 Å². The second kappa shape index (κ2) is 6.15. The smallest absolute Gasteiger partial charge is 0.138 e. The maximum atomic E-state index is 10.1. The Morgan fingerprint density at radius 1 is 1.35 bits per heavy atom. The zero-order valence-corrected chi connectivity index (χ0v) is 10.7. The summed E-state index contributed by atoms with van der Waals surface area (Å²) in [6.45, 7) is 3.07. The van der Waals surface area contributed by atoms with Crippen LogP contribution in [0.25, 0.3) is 0 Å². The van der Waals surface area contributed by atoms with Gasteiger partial charge in [0, 0.05) is 13.0 Å². The van der Waals surface area contributed by atoms with Crippen molar-refractivity contribution in [2.75, 3.05) is 0 Å². The molecule has 0 spiro atoms. The Labute approximate surface area is 103 Å². The van der Waals surface area contributed by atoms with Crippen molar-refractivity contribution in [2.24, 2.45) is 5.92 Å². The van der Waals surface area contributed by atoms with Crippen molar-refractivity contribution in [1.29, 1.82) is 0 Å². The van der Waals surface area contributed by atoms with E-state index in [-0.39, 0.29) is 6.10 Å². The van der Waals surface area contributed by atoms with Gasteiger partial charge in [-0.2, -0.15) is 5.10 Å². The molecule has 2 atom stereocenters. The highest BCUT2D eigenvalue weighted by Gasteiger charge is 2.23. The molecule has 2 unspecified atom stereocenters. The molecular formula is C13H23N3O. The molecular weight excluding hydrogens is 214 g/mol. The van der Waals surface area contributed by atoms with E-state index in [1.54, 1.807) is 6.33 Å². The van der Waals surface area contributed by atoms with Crippen LogP contribution in [0.15, 0.2) is 6.33 Å². The van der Waals surface area contributed by atoms with E-state index in [2.05, 4.69) is 17.0 Å². The van der Waals surface area contributed by atoms with Crippen molar-refractivity contribution in [2.45, 2.75) is 64.5 Å². The van der Waals surface area contributed by atoms with E-state index in [1.165, 1.54) is 19.3 Å². The summed E-state index contributed by atoms with van der Waals surface area (Å²) in [7, 11) is 0. The normalized spacial score (nSPS) is 25.8. The molecule has 0 aliphatic heterocycles. The highest BCUT2D eigenvalue weighted by atomic mass is 16.3. The molecule has 1 aromatic heterocycles. The average Bonchev–Trinajstić information content (AvgIpc) is 2.64. The fourth-order valence-corrected chi connectivity index (χ4v) is 2.68. The van der Waals surface area contributed by atoms with Gasteiger partial charge in [-0.15, -0.1) is 0 Å². The Kier molecular flexibility index (Phi) is 4.54. The molecule has 0 aromatic carbocycles. The van der Waals surface area contributed by atoms with Gasteiger partial charge in [0.05, 0.1) is 6.10 Å². The van der Waals surface area contributed by atoms with E-state index < -0.39 is 0 Å². The van der Waals surface area contributed by atoms with Crippen LogP contribution < -0.4 is 0 Å². The first-order valence-corrected chi connectivity index (χ1v) is 6.86. The van der Waals surface area contributed by atoms with Gasteiger partial charge >= 0.3 is 0 Å². The van der Waals surface area contributed by atoms with E-state index in [0.29, 0.717) is 5.92 Å². The van der Waals surface area contributed by atoms with Gasteiger partial charge < -0.3 is 5.11 Å². The lowest BCUT2D eigenvalue weighted by Gasteiger charge is -2.19. The molecule has 17 heavy (non-hydrogen) atoms. The quantitative estimate of drug-likeness (QED) is 0.816. The molecule has 0 saturated heterocycles. The maximum Gasteiger partial charge on any atom is 0.138 e. The molecule has 4 heteroatoms. The van der Waals surface area contributed by atoms with Crippen LogP contribution in [-0.2, 0) is 13.0 Å². The zero-order valence-electron chi connectivity index (χ0n) is 10.7. The van der Waals surface area contributed by atoms with Crippen LogP contribution >= 0.6 is 0 Å². The van der Waals surface area contributed by atoms with Crippen molar-refractivity contribution in [3.63, 3.8) is 0 Å². The van der Waals surface area contributed by atoms with Crippen molar-refractivity contribution < 1.29 is 5.11 Å². The number of aliphatic hydroxyl groups excluding tert-OH is 1. The summed E-state index contributed by atoms with van der Waals surface area (Å²) < 4.78 is 1.98. The highest BCUT2D eigenvalue weighted by Crippen LogP contribution is 2.26. The third-order valence-electron chi connectivity index (χ3n) is 3.69. The van der Waals surface area contributed by atoms with Crippen LogP contribution in [0.3, 0.4) is 0 Å². The minimum atomic E-state index is -0.149. The summed E-state index contributed by atoms with van der Waals surface area (Å²) in [5.41, 5.74) is 0. The number of hydrogen-bond donors (Lipinski definition) is 1. The molecule has 1 aliphatic rings. The van der Waals surface area contributed by atoms with Crippen LogP contribution in [0.2, 0.25) is 0 Å². The molecule has 0 bridgehead atoms. The number of aliphatic hydroxyl groups is 1. The fourth-order valence-electron chi connectivity index (χ4n) is 2.68. The van der Waals surface area contributed by atoms with Crippen LogP contribution in [0, 0.1) is 5.92 Å². The first-order chi connectivity index (χ1) is 8.31. The number of aromatic nitrogens is 3. The van der Waals surface area contributed by atoms with Crippen molar-refractivity contribution in [1.82, 2.24) is 14.8 Å². The Balaban J connectivity index is 2.00. The second-order valence-corrected chi connectivity index (χ2v) is 5.07. The van der Waals surface area contributed by atoms with Crippen LogP contribution in [0.5, 0.6) is 0 Å². The molecule has 96 valence electrons. The monoisotopic (exact) mass is 237 g/mol. The molecule has 1 fully saturated rings.